The quantitative estimate of drug-likeness (QED) is 0.924. The van der Waals surface area contributed by atoms with E-state index in [9.17, 15) is 0 Å². The lowest BCUT2D eigenvalue weighted by molar-refractivity contribution is 0.461. The van der Waals surface area contributed by atoms with Crippen LogP contribution in [0, 0.1) is 0 Å². The van der Waals surface area contributed by atoms with Crippen LogP contribution in [0.15, 0.2) is 41.1 Å². The van der Waals surface area contributed by atoms with Gasteiger partial charge in [0.1, 0.15) is 0 Å². The molecule has 1 atom stereocenters. The molecule has 94 valence electrons. The van der Waals surface area contributed by atoms with E-state index in [-0.39, 0.29) is 0 Å². The van der Waals surface area contributed by atoms with Gasteiger partial charge in [-0.25, -0.2) is 4.68 Å². The lowest BCUT2D eigenvalue weighted by atomic mass is 9.92. The van der Waals surface area contributed by atoms with Crippen molar-refractivity contribution in [1.29, 1.82) is 0 Å². The summed E-state index contributed by atoms with van der Waals surface area (Å²) in [5.74, 6) is 0.640. The van der Waals surface area contributed by atoms with Crippen molar-refractivity contribution in [3.8, 4) is 5.69 Å². The Labute approximate surface area is 115 Å². The van der Waals surface area contributed by atoms with Crippen molar-refractivity contribution >= 4 is 15.9 Å². The van der Waals surface area contributed by atoms with E-state index in [0.717, 1.165) is 23.2 Å². The van der Waals surface area contributed by atoms with Crippen molar-refractivity contribution in [1.82, 2.24) is 15.1 Å². The van der Waals surface area contributed by atoms with Crippen LogP contribution in [0.4, 0.5) is 0 Å². The zero-order valence-corrected chi connectivity index (χ0v) is 11.7. The molecule has 18 heavy (non-hydrogen) atoms. The first-order valence-corrected chi connectivity index (χ1v) is 7.14. The molecular weight excluding hydrogens is 290 g/mol. The van der Waals surface area contributed by atoms with Gasteiger partial charge in [-0.3, -0.25) is 0 Å². The molecule has 1 aromatic carbocycles. The zero-order chi connectivity index (χ0) is 12.4. The van der Waals surface area contributed by atoms with Crippen LogP contribution in [-0.4, -0.2) is 22.9 Å². The largest absolute Gasteiger partial charge is 0.316 e. The molecule has 0 saturated carbocycles. The van der Waals surface area contributed by atoms with Crippen molar-refractivity contribution < 1.29 is 0 Å². The van der Waals surface area contributed by atoms with E-state index in [1.54, 1.807) is 6.20 Å². The molecule has 4 heteroatoms. The molecule has 1 aliphatic rings. The summed E-state index contributed by atoms with van der Waals surface area (Å²) >= 11 is 3.65. The lowest BCUT2D eigenvalue weighted by Gasteiger charge is -2.23. The number of benzene rings is 1. The highest BCUT2D eigenvalue weighted by atomic mass is 79.9. The van der Waals surface area contributed by atoms with Crippen LogP contribution in [0.5, 0.6) is 0 Å². The SMILES string of the molecule is Brc1cc(C2CCCNC2)ccc1-n1cccn1. The van der Waals surface area contributed by atoms with E-state index in [4.69, 9.17) is 0 Å². The third-order valence-corrected chi connectivity index (χ3v) is 4.13. The fourth-order valence-corrected chi connectivity index (χ4v) is 3.09. The van der Waals surface area contributed by atoms with Crippen LogP contribution in [0.25, 0.3) is 5.69 Å². The van der Waals surface area contributed by atoms with Crippen molar-refractivity contribution in [2.75, 3.05) is 13.1 Å². The number of rotatable bonds is 2. The normalized spacial score (nSPS) is 19.9. The summed E-state index contributed by atoms with van der Waals surface area (Å²) in [6.45, 7) is 2.25. The summed E-state index contributed by atoms with van der Waals surface area (Å²) in [7, 11) is 0. The highest BCUT2D eigenvalue weighted by molar-refractivity contribution is 9.10. The second-order valence-corrected chi connectivity index (χ2v) is 5.56. The van der Waals surface area contributed by atoms with Crippen molar-refractivity contribution in [2.24, 2.45) is 0 Å². The maximum Gasteiger partial charge on any atom is 0.0787 e. The molecule has 0 bridgehead atoms. The van der Waals surface area contributed by atoms with E-state index in [0.29, 0.717) is 5.92 Å². The molecule has 3 rings (SSSR count). The molecule has 0 spiro atoms. The number of hydrogen-bond donors (Lipinski definition) is 1. The van der Waals surface area contributed by atoms with E-state index < -0.39 is 0 Å². The summed E-state index contributed by atoms with van der Waals surface area (Å²) in [5, 5.41) is 7.73. The predicted octanol–water partition coefficient (Wildman–Crippen LogP) is 3.10. The molecule has 1 saturated heterocycles. The number of nitrogens with one attached hydrogen (secondary N) is 1. The van der Waals surface area contributed by atoms with Gasteiger partial charge < -0.3 is 5.32 Å². The third-order valence-electron chi connectivity index (χ3n) is 3.49. The van der Waals surface area contributed by atoms with E-state index in [1.807, 2.05) is 16.9 Å². The third kappa shape index (κ3) is 2.35. The molecule has 1 N–H and O–H groups in total. The van der Waals surface area contributed by atoms with Gasteiger partial charge in [0, 0.05) is 23.4 Å². The van der Waals surface area contributed by atoms with Crippen molar-refractivity contribution in [3.63, 3.8) is 0 Å². The van der Waals surface area contributed by atoms with E-state index >= 15 is 0 Å². The topological polar surface area (TPSA) is 29.9 Å². The maximum absolute atomic E-state index is 4.26. The van der Waals surface area contributed by atoms with Gasteiger partial charge in [-0.1, -0.05) is 6.07 Å². The van der Waals surface area contributed by atoms with E-state index in [1.165, 1.54) is 18.4 Å². The summed E-state index contributed by atoms with van der Waals surface area (Å²) in [4.78, 5) is 0. The Balaban J connectivity index is 1.89. The van der Waals surface area contributed by atoms with Crippen molar-refractivity contribution in [2.45, 2.75) is 18.8 Å². The average molecular weight is 306 g/mol. The molecule has 3 nitrogen and oxygen atoms in total. The Morgan fingerprint density at radius 1 is 1.39 bits per heavy atom. The summed E-state index contributed by atoms with van der Waals surface area (Å²) in [6, 6.07) is 8.53. The Bertz CT molecular complexity index is 516. The van der Waals surface area contributed by atoms with Gasteiger partial charge in [-0.05, 0) is 65.0 Å². The average Bonchev–Trinajstić information content (AvgIpc) is 2.93. The second-order valence-electron chi connectivity index (χ2n) is 4.70. The fraction of sp³-hybridized carbons (Fsp3) is 0.357. The highest BCUT2D eigenvalue weighted by Gasteiger charge is 2.16. The van der Waals surface area contributed by atoms with Gasteiger partial charge in [0.15, 0.2) is 0 Å². The monoisotopic (exact) mass is 305 g/mol. The van der Waals surface area contributed by atoms with E-state index in [2.05, 4.69) is 44.5 Å². The summed E-state index contributed by atoms with van der Waals surface area (Å²) in [6.07, 6.45) is 6.30. The first-order valence-electron chi connectivity index (χ1n) is 6.35. The molecule has 2 aromatic rings. The first-order chi connectivity index (χ1) is 8.84. The van der Waals surface area contributed by atoms with Gasteiger partial charge in [0.25, 0.3) is 0 Å². The molecular formula is C14H16BrN3. The summed E-state index contributed by atoms with van der Waals surface area (Å²) < 4.78 is 2.99. The van der Waals surface area contributed by atoms with Crippen LogP contribution in [-0.2, 0) is 0 Å². The molecule has 0 radical (unpaired) electrons. The molecule has 1 unspecified atom stereocenters. The Hall–Kier alpha value is -1.13. The molecule has 1 aromatic heterocycles. The second kappa shape index (κ2) is 5.24. The number of halogens is 1. The minimum atomic E-state index is 0.640. The van der Waals surface area contributed by atoms with Crippen LogP contribution in [0.1, 0.15) is 24.3 Å². The van der Waals surface area contributed by atoms with Gasteiger partial charge >= 0.3 is 0 Å². The van der Waals surface area contributed by atoms with Crippen LogP contribution < -0.4 is 5.32 Å². The van der Waals surface area contributed by atoms with Gasteiger partial charge in [-0.2, -0.15) is 5.10 Å². The molecule has 1 aliphatic heterocycles. The Morgan fingerprint density at radius 3 is 3.00 bits per heavy atom. The Morgan fingerprint density at radius 2 is 2.33 bits per heavy atom. The zero-order valence-electron chi connectivity index (χ0n) is 10.1. The van der Waals surface area contributed by atoms with Crippen LogP contribution in [0.2, 0.25) is 0 Å². The van der Waals surface area contributed by atoms with Crippen LogP contribution in [0.3, 0.4) is 0 Å². The minimum Gasteiger partial charge on any atom is -0.316 e. The number of hydrogen-bond acceptors (Lipinski definition) is 2. The van der Waals surface area contributed by atoms with Gasteiger partial charge in [0.2, 0.25) is 0 Å². The fourth-order valence-electron chi connectivity index (χ4n) is 2.51. The number of piperidine rings is 1. The highest BCUT2D eigenvalue weighted by Crippen LogP contribution is 2.29. The molecule has 0 aliphatic carbocycles. The van der Waals surface area contributed by atoms with Gasteiger partial charge in [0.05, 0.1) is 5.69 Å². The maximum atomic E-state index is 4.26. The minimum absolute atomic E-state index is 0.640. The predicted molar refractivity (Wildman–Crippen MR) is 76.1 cm³/mol. The summed E-state index contributed by atoms with van der Waals surface area (Å²) in [5.41, 5.74) is 2.50. The van der Waals surface area contributed by atoms with Crippen LogP contribution >= 0.6 is 15.9 Å². The number of nitrogens with zero attached hydrogens (tertiary/aromatic N) is 2. The van der Waals surface area contributed by atoms with Crippen molar-refractivity contribution in [3.05, 3.63) is 46.7 Å². The number of aromatic nitrogens is 2. The first kappa shape index (κ1) is 11.9. The Kier molecular flexibility index (Phi) is 3.48. The molecule has 0 amide bonds. The van der Waals surface area contributed by atoms with Gasteiger partial charge in [-0.15, -0.1) is 0 Å². The molecule has 2 heterocycles. The lowest BCUT2D eigenvalue weighted by Crippen LogP contribution is -2.28. The standard InChI is InChI=1S/C14H16BrN3/c15-13-9-11(12-3-1-6-16-10-12)4-5-14(13)18-8-2-7-17-18/h2,4-5,7-9,12,16H,1,3,6,10H2. The smallest absolute Gasteiger partial charge is 0.0787 e. The molecule has 1 fully saturated rings.